The van der Waals surface area contributed by atoms with Crippen molar-refractivity contribution >= 4 is 5.91 Å². The molecule has 1 aromatic carbocycles. The topological polar surface area (TPSA) is 67.6 Å². The molecular formula is C19H25N3O3. The van der Waals surface area contributed by atoms with Crippen molar-refractivity contribution in [2.45, 2.75) is 51.0 Å². The number of rotatable bonds is 6. The van der Waals surface area contributed by atoms with Crippen LogP contribution in [0.2, 0.25) is 0 Å². The van der Waals surface area contributed by atoms with Gasteiger partial charge in [0.05, 0.1) is 6.04 Å². The average molecular weight is 343 g/mol. The number of carbonyl (C=O) groups is 1. The zero-order valence-corrected chi connectivity index (χ0v) is 14.7. The van der Waals surface area contributed by atoms with E-state index in [2.05, 4.69) is 12.0 Å². The SMILES string of the molecule is CCCn1ccc(C(=O)N(C)[C@@H]2CC[C@@H](Oc3ccccc3)[C@@H]2O)n1. The number of aliphatic hydroxyl groups is 1. The summed E-state index contributed by atoms with van der Waals surface area (Å²) in [6, 6.07) is 10.9. The molecule has 0 spiro atoms. The standard InChI is InChI=1S/C19H25N3O3/c1-3-12-22-13-11-15(20-22)19(24)21(2)16-9-10-17(18(16)23)25-14-7-5-4-6-8-14/h4-8,11,13,16-18,23H,3,9-10,12H2,1-2H3/t16-,17-,18-/m1/s1. The third kappa shape index (κ3) is 3.85. The monoisotopic (exact) mass is 343 g/mol. The van der Waals surface area contributed by atoms with Gasteiger partial charge < -0.3 is 14.7 Å². The highest BCUT2D eigenvalue weighted by molar-refractivity contribution is 5.92. The van der Waals surface area contributed by atoms with Crippen LogP contribution in [-0.2, 0) is 6.54 Å². The van der Waals surface area contributed by atoms with Crippen LogP contribution in [0.3, 0.4) is 0 Å². The zero-order chi connectivity index (χ0) is 17.8. The van der Waals surface area contributed by atoms with Gasteiger partial charge in [-0.05, 0) is 37.5 Å². The average Bonchev–Trinajstić information content (AvgIpc) is 3.23. The van der Waals surface area contributed by atoms with Gasteiger partial charge in [0, 0.05) is 19.8 Å². The summed E-state index contributed by atoms with van der Waals surface area (Å²) >= 11 is 0. The van der Waals surface area contributed by atoms with Gasteiger partial charge >= 0.3 is 0 Å². The molecule has 25 heavy (non-hydrogen) atoms. The first-order valence-electron chi connectivity index (χ1n) is 8.80. The van der Waals surface area contributed by atoms with Crippen molar-refractivity contribution in [3.05, 3.63) is 48.3 Å². The van der Waals surface area contributed by atoms with Crippen LogP contribution in [0.25, 0.3) is 0 Å². The molecule has 134 valence electrons. The van der Waals surface area contributed by atoms with Gasteiger partial charge in [0.1, 0.15) is 23.7 Å². The van der Waals surface area contributed by atoms with E-state index in [-0.39, 0.29) is 18.1 Å². The van der Waals surface area contributed by atoms with Gasteiger partial charge in [-0.25, -0.2) is 0 Å². The summed E-state index contributed by atoms with van der Waals surface area (Å²) in [6.45, 7) is 2.85. The molecule has 1 amide bonds. The summed E-state index contributed by atoms with van der Waals surface area (Å²) < 4.78 is 7.65. The molecule has 0 aliphatic heterocycles. The Hall–Kier alpha value is -2.34. The minimum Gasteiger partial charge on any atom is -0.488 e. The van der Waals surface area contributed by atoms with E-state index < -0.39 is 6.10 Å². The van der Waals surface area contributed by atoms with Crippen molar-refractivity contribution < 1.29 is 14.6 Å². The van der Waals surface area contributed by atoms with Gasteiger partial charge in [-0.2, -0.15) is 5.10 Å². The fourth-order valence-electron chi connectivity index (χ4n) is 3.31. The molecule has 1 aromatic heterocycles. The van der Waals surface area contributed by atoms with Crippen LogP contribution in [-0.4, -0.2) is 51.0 Å². The maximum atomic E-state index is 12.7. The molecule has 1 aliphatic carbocycles. The number of likely N-dealkylation sites (N-methyl/N-ethyl adjacent to an activating group) is 1. The molecule has 1 N–H and O–H groups in total. The summed E-state index contributed by atoms with van der Waals surface area (Å²) in [5.74, 6) is 0.568. The fourth-order valence-corrected chi connectivity index (χ4v) is 3.31. The Labute approximate surface area is 148 Å². The highest BCUT2D eigenvalue weighted by Gasteiger charge is 2.40. The molecule has 3 atom stereocenters. The lowest BCUT2D eigenvalue weighted by atomic mass is 10.1. The number of ether oxygens (including phenoxy) is 1. The van der Waals surface area contributed by atoms with Crippen LogP contribution in [0.15, 0.2) is 42.6 Å². The summed E-state index contributed by atoms with van der Waals surface area (Å²) in [4.78, 5) is 14.3. The maximum Gasteiger partial charge on any atom is 0.274 e. The number of nitrogens with zero attached hydrogens (tertiary/aromatic N) is 3. The molecule has 1 heterocycles. The first kappa shape index (κ1) is 17.5. The number of para-hydroxylation sites is 1. The predicted octanol–water partition coefficient (Wildman–Crippen LogP) is 2.34. The van der Waals surface area contributed by atoms with Crippen molar-refractivity contribution in [1.82, 2.24) is 14.7 Å². The number of aliphatic hydroxyl groups excluding tert-OH is 1. The maximum absolute atomic E-state index is 12.7. The molecule has 3 rings (SSSR count). The fraction of sp³-hybridized carbons (Fsp3) is 0.474. The highest BCUT2D eigenvalue weighted by atomic mass is 16.5. The normalized spacial score (nSPS) is 22.8. The number of amides is 1. The Morgan fingerprint density at radius 1 is 1.32 bits per heavy atom. The van der Waals surface area contributed by atoms with E-state index >= 15 is 0 Å². The molecule has 1 fully saturated rings. The molecule has 1 saturated carbocycles. The first-order chi connectivity index (χ1) is 12.1. The summed E-state index contributed by atoms with van der Waals surface area (Å²) in [5, 5.41) is 14.9. The molecule has 0 saturated heterocycles. The van der Waals surface area contributed by atoms with Crippen molar-refractivity contribution in [3.63, 3.8) is 0 Å². The zero-order valence-electron chi connectivity index (χ0n) is 14.7. The summed E-state index contributed by atoms with van der Waals surface area (Å²) in [6.07, 6.45) is 3.17. The van der Waals surface area contributed by atoms with E-state index in [0.29, 0.717) is 18.5 Å². The Kier molecular flexibility index (Phi) is 5.38. The molecule has 0 bridgehead atoms. The molecule has 0 unspecified atom stereocenters. The van der Waals surface area contributed by atoms with Crippen molar-refractivity contribution in [2.75, 3.05) is 7.05 Å². The highest BCUT2D eigenvalue weighted by Crippen LogP contribution is 2.28. The van der Waals surface area contributed by atoms with Crippen LogP contribution in [0.1, 0.15) is 36.7 Å². The second-order valence-corrected chi connectivity index (χ2v) is 6.48. The minimum atomic E-state index is -0.716. The second-order valence-electron chi connectivity index (χ2n) is 6.48. The van der Waals surface area contributed by atoms with Crippen LogP contribution in [0, 0.1) is 0 Å². The Bertz CT molecular complexity index is 701. The van der Waals surface area contributed by atoms with E-state index in [0.717, 1.165) is 18.7 Å². The Morgan fingerprint density at radius 3 is 2.80 bits per heavy atom. The number of carbonyl (C=O) groups excluding carboxylic acids is 1. The first-order valence-corrected chi connectivity index (χ1v) is 8.80. The van der Waals surface area contributed by atoms with E-state index in [1.807, 2.05) is 36.5 Å². The number of hydrogen-bond donors (Lipinski definition) is 1. The number of hydrogen-bond acceptors (Lipinski definition) is 4. The van der Waals surface area contributed by atoms with Crippen LogP contribution in [0.5, 0.6) is 5.75 Å². The molecular weight excluding hydrogens is 318 g/mol. The van der Waals surface area contributed by atoms with Gasteiger partial charge in [0.2, 0.25) is 0 Å². The van der Waals surface area contributed by atoms with E-state index in [9.17, 15) is 9.90 Å². The van der Waals surface area contributed by atoms with Crippen molar-refractivity contribution in [1.29, 1.82) is 0 Å². The lowest BCUT2D eigenvalue weighted by Gasteiger charge is -2.28. The van der Waals surface area contributed by atoms with E-state index in [1.54, 1.807) is 22.7 Å². The Morgan fingerprint density at radius 2 is 2.08 bits per heavy atom. The van der Waals surface area contributed by atoms with Crippen molar-refractivity contribution in [3.8, 4) is 5.75 Å². The third-order valence-corrected chi connectivity index (χ3v) is 4.68. The van der Waals surface area contributed by atoms with Crippen molar-refractivity contribution in [2.24, 2.45) is 0 Å². The molecule has 6 heteroatoms. The molecule has 1 aliphatic rings. The van der Waals surface area contributed by atoms with Gasteiger partial charge in [-0.15, -0.1) is 0 Å². The molecule has 6 nitrogen and oxygen atoms in total. The number of aryl methyl sites for hydroxylation is 1. The lowest BCUT2D eigenvalue weighted by Crippen LogP contribution is -2.45. The van der Waals surface area contributed by atoms with Crippen LogP contribution in [0.4, 0.5) is 0 Å². The lowest BCUT2D eigenvalue weighted by molar-refractivity contribution is 0.0164. The third-order valence-electron chi connectivity index (χ3n) is 4.68. The quantitative estimate of drug-likeness (QED) is 0.874. The summed E-state index contributed by atoms with van der Waals surface area (Å²) in [5.41, 5.74) is 0.413. The second kappa shape index (κ2) is 7.70. The van der Waals surface area contributed by atoms with Crippen LogP contribution < -0.4 is 4.74 Å². The van der Waals surface area contributed by atoms with Gasteiger partial charge in [0.15, 0.2) is 0 Å². The van der Waals surface area contributed by atoms with E-state index in [4.69, 9.17) is 4.74 Å². The van der Waals surface area contributed by atoms with Gasteiger partial charge in [-0.3, -0.25) is 9.48 Å². The smallest absolute Gasteiger partial charge is 0.274 e. The molecule has 2 aromatic rings. The van der Waals surface area contributed by atoms with E-state index in [1.165, 1.54) is 0 Å². The predicted molar refractivity (Wildman–Crippen MR) is 94.5 cm³/mol. The number of aromatic nitrogens is 2. The Balaban J connectivity index is 1.63. The van der Waals surface area contributed by atoms with Crippen LogP contribution >= 0.6 is 0 Å². The summed E-state index contributed by atoms with van der Waals surface area (Å²) in [7, 11) is 1.72. The van der Waals surface area contributed by atoms with Gasteiger partial charge in [0.25, 0.3) is 5.91 Å². The van der Waals surface area contributed by atoms with Gasteiger partial charge in [-0.1, -0.05) is 25.1 Å². The number of benzene rings is 1. The molecule has 0 radical (unpaired) electrons. The largest absolute Gasteiger partial charge is 0.488 e. The minimum absolute atomic E-state index is 0.167.